The molecule has 0 aliphatic rings. The Balaban J connectivity index is 3.97. The van der Waals surface area contributed by atoms with Gasteiger partial charge in [0.25, 0.3) is 0 Å². The molecule has 1 atom stereocenters. The number of esters is 3. The van der Waals surface area contributed by atoms with E-state index in [1.807, 2.05) is 0 Å². The lowest BCUT2D eigenvalue weighted by Gasteiger charge is -2.13. The van der Waals surface area contributed by atoms with Crippen LogP contribution < -0.4 is 0 Å². The fourth-order valence-electron chi connectivity index (χ4n) is 2.15. The molecule has 0 saturated heterocycles. The molecule has 0 aromatic rings. The van der Waals surface area contributed by atoms with Crippen LogP contribution >= 0.6 is 0 Å². The largest absolute Gasteiger partial charge is 0.463 e. The standard InChI is InChI=1S/C20H34O6/c1-5-7-9-11-13-24-19(22)16(3)15-18(21)26-17(4)20(23)25-14-12-10-8-6-2/h17H,3,5-15H2,1-2,4H3. The van der Waals surface area contributed by atoms with Crippen molar-refractivity contribution < 1.29 is 28.6 Å². The van der Waals surface area contributed by atoms with Crippen LogP contribution in [0.4, 0.5) is 0 Å². The maximum atomic E-state index is 11.8. The smallest absolute Gasteiger partial charge is 0.347 e. The van der Waals surface area contributed by atoms with Crippen molar-refractivity contribution in [1.82, 2.24) is 0 Å². The van der Waals surface area contributed by atoms with Gasteiger partial charge in [-0.2, -0.15) is 0 Å². The van der Waals surface area contributed by atoms with E-state index < -0.39 is 24.0 Å². The van der Waals surface area contributed by atoms with Crippen molar-refractivity contribution in [3.05, 3.63) is 12.2 Å². The molecule has 0 amide bonds. The summed E-state index contributed by atoms with van der Waals surface area (Å²) in [6.45, 7) is 9.83. The highest BCUT2D eigenvalue weighted by Crippen LogP contribution is 2.08. The summed E-state index contributed by atoms with van der Waals surface area (Å²) in [4.78, 5) is 35.3. The minimum atomic E-state index is -1.01. The zero-order chi connectivity index (χ0) is 19.8. The fraction of sp³-hybridized carbons (Fsp3) is 0.750. The van der Waals surface area contributed by atoms with Crippen molar-refractivity contribution in [3.8, 4) is 0 Å². The molecule has 0 bridgehead atoms. The quantitative estimate of drug-likeness (QED) is 0.187. The molecule has 0 aliphatic carbocycles. The SMILES string of the molecule is C=C(CC(=O)OC(C)C(=O)OCCCCCC)C(=O)OCCCCCC. The lowest BCUT2D eigenvalue weighted by Crippen LogP contribution is -2.27. The van der Waals surface area contributed by atoms with Crippen LogP contribution in [0.5, 0.6) is 0 Å². The maximum absolute atomic E-state index is 11.8. The van der Waals surface area contributed by atoms with Crippen LogP contribution in [0.25, 0.3) is 0 Å². The van der Waals surface area contributed by atoms with Crippen molar-refractivity contribution in [3.63, 3.8) is 0 Å². The summed E-state index contributed by atoms with van der Waals surface area (Å²) < 4.78 is 15.1. The van der Waals surface area contributed by atoms with E-state index in [2.05, 4.69) is 20.4 Å². The van der Waals surface area contributed by atoms with Gasteiger partial charge >= 0.3 is 17.9 Å². The minimum absolute atomic E-state index is 0.0191. The van der Waals surface area contributed by atoms with Gasteiger partial charge in [0.2, 0.25) is 0 Å². The fourth-order valence-corrected chi connectivity index (χ4v) is 2.15. The number of carbonyl (C=O) groups is 3. The van der Waals surface area contributed by atoms with Gasteiger partial charge < -0.3 is 14.2 Å². The van der Waals surface area contributed by atoms with Gasteiger partial charge in [0.15, 0.2) is 6.10 Å². The third kappa shape index (κ3) is 12.5. The van der Waals surface area contributed by atoms with Gasteiger partial charge in [0, 0.05) is 5.57 Å². The van der Waals surface area contributed by atoms with Crippen LogP contribution in [0.1, 0.15) is 78.6 Å². The second-order valence-corrected chi connectivity index (χ2v) is 6.34. The summed E-state index contributed by atoms with van der Waals surface area (Å²) in [5.74, 6) is -1.89. The molecule has 0 aromatic carbocycles. The summed E-state index contributed by atoms with van der Waals surface area (Å²) in [5, 5.41) is 0. The predicted molar refractivity (Wildman–Crippen MR) is 99.5 cm³/mol. The second-order valence-electron chi connectivity index (χ2n) is 6.34. The molecule has 0 fully saturated rings. The van der Waals surface area contributed by atoms with Crippen LogP contribution in [-0.4, -0.2) is 37.2 Å². The Morgan fingerprint density at radius 2 is 1.38 bits per heavy atom. The van der Waals surface area contributed by atoms with Gasteiger partial charge in [-0.05, 0) is 19.8 Å². The lowest BCUT2D eigenvalue weighted by molar-refractivity contribution is -0.166. The number of unbranched alkanes of at least 4 members (excludes halogenated alkanes) is 6. The van der Waals surface area contributed by atoms with Gasteiger partial charge in [-0.3, -0.25) is 4.79 Å². The molecule has 1 unspecified atom stereocenters. The first-order chi connectivity index (χ1) is 12.4. The van der Waals surface area contributed by atoms with Crippen molar-refractivity contribution in [1.29, 1.82) is 0 Å². The second kappa shape index (κ2) is 15.4. The third-order valence-corrected chi connectivity index (χ3v) is 3.76. The summed E-state index contributed by atoms with van der Waals surface area (Å²) in [5.41, 5.74) is 0.0191. The van der Waals surface area contributed by atoms with Crippen LogP contribution in [0.15, 0.2) is 12.2 Å². The highest BCUT2D eigenvalue weighted by atomic mass is 16.6. The number of ether oxygens (including phenoxy) is 3. The molecule has 6 nitrogen and oxygen atoms in total. The van der Waals surface area contributed by atoms with E-state index >= 15 is 0 Å². The van der Waals surface area contributed by atoms with Crippen LogP contribution in [-0.2, 0) is 28.6 Å². The molecule has 0 heterocycles. The number of rotatable bonds is 15. The number of hydrogen-bond acceptors (Lipinski definition) is 6. The van der Waals surface area contributed by atoms with Gasteiger partial charge in [0.05, 0.1) is 19.6 Å². The molecule has 0 spiro atoms. The van der Waals surface area contributed by atoms with Gasteiger partial charge in [-0.15, -0.1) is 0 Å². The maximum Gasteiger partial charge on any atom is 0.347 e. The highest BCUT2D eigenvalue weighted by molar-refractivity contribution is 5.93. The first-order valence-electron chi connectivity index (χ1n) is 9.63. The van der Waals surface area contributed by atoms with E-state index in [4.69, 9.17) is 14.2 Å². The van der Waals surface area contributed by atoms with Crippen LogP contribution in [0, 0.1) is 0 Å². The van der Waals surface area contributed by atoms with Crippen molar-refractivity contribution in [2.45, 2.75) is 84.7 Å². The summed E-state index contributed by atoms with van der Waals surface area (Å²) in [6.07, 6.45) is 6.66. The van der Waals surface area contributed by atoms with Crippen LogP contribution in [0.3, 0.4) is 0 Å². The Hall–Kier alpha value is -1.85. The first-order valence-corrected chi connectivity index (χ1v) is 9.63. The number of carbonyl (C=O) groups excluding carboxylic acids is 3. The summed E-state index contributed by atoms with van der Waals surface area (Å²) in [7, 11) is 0. The molecule has 26 heavy (non-hydrogen) atoms. The summed E-state index contributed by atoms with van der Waals surface area (Å²) >= 11 is 0. The molecule has 0 aliphatic heterocycles. The monoisotopic (exact) mass is 370 g/mol. The van der Waals surface area contributed by atoms with Crippen molar-refractivity contribution in [2.24, 2.45) is 0 Å². The molecule has 0 radical (unpaired) electrons. The molecule has 0 aromatic heterocycles. The topological polar surface area (TPSA) is 78.9 Å². The summed E-state index contributed by atoms with van der Waals surface area (Å²) in [6, 6.07) is 0. The normalized spacial score (nSPS) is 11.5. The first kappa shape index (κ1) is 24.1. The van der Waals surface area contributed by atoms with E-state index in [0.29, 0.717) is 13.2 Å². The van der Waals surface area contributed by atoms with E-state index in [0.717, 1.165) is 51.4 Å². The zero-order valence-electron chi connectivity index (χ0n) is 16.5. The van der Waals surface area contributed by atoms with E-state index in [9.17, 15) is 14.4 Å². The minimum Gasteiger partial charge on any atom is -0.463 e. The van der Waals surface area contributed by atoms with Gasteiger partial charge in [-0.25, -0.2) is 9.59 Å². The average Bonchev–Trinajstić information content (AvgIpc) is 2.60. The molecular weight excluding hydrogens is 336 g/mol. The Labute approximate surface area is 157 Å². The van der Waals surface area contributed by atoms with Crippen molar-refractivity contribution >= 4 is 17.9 Å². The Morgan fingerprint density at radius 3 is 1.92 bits per heavy atom. The predicted octanol–water partition coefficient (Wildman–Crippen LogP) is 4.11. The Bertz CT molecular complexity index is 444. The van der Waals surface area contributed by atoms with E-state index in [1.54, 1.807) is 0 Å². The zero-order valence-corrected chi connectivity index (χ0v) is 16.5. The lowest BCUT2D eigenvalue weighted by atomic mass is 10.2. The third-order valence-electron chi connectivity index (χ3n) is 3.76. The number of hydrogen-bond donors (Lipinski definition) is 0. The highest BCUT2D eigenvalue weighted by Gasteiger charge is 2.21. The molecular formula is C20H34O6. The average molecular weight is 370 g/mol. The van der Waals surface area contributed by atoms with E-state index in [1.165, 1.54) is 6.92 Å². The van der Waals surface area contributed by atoms with Gasteiger partial charge in [-0.1, -0.05) is 59.0 Å². The molecule has 0 rings (SSSR count). The molecule has 6 heteroatoms. The Morgan fingerprint density at radius 1 is 0.846 bits per heavy atom. The van der Waals surface area contributed by atoms with Gasteiger partial charge in [0.1, 0.15) is 0 Å². The molecule has 150 valence electrons. The Kier molecular flexibility index (Phi) is 14.3. The van der Waals surface area contributed by atoms with E-state index in [-0.39, 0.29) is 12.0 Å². The molecule has 0 N–H and O–H groups in total. The van der Waals surface area contributed by atoms with Crippen molar-refractivity contribution in [2.75, 3.05) is 13.2 Å². The molecule has 0 saturated carbocycles. The van der Waals surface area contributed by atoms with Crippen LogP contribution in [0.2, 0.25) is 0 Å².